The molecule has 0 atom stereocenters. The third-order valence-electron chi connectivity index (χ3n) is 1.22. The van der Waals surface area contributed by atoms with E-state index >= 15 is 0 Å². The number of carbonyl (C=O) groups excluding carboxylic acids is 1. The number of aryl methyl sites for hydroxylation is 2. The van der Waals surface area contributed by atoms with E-state index < -0.39 is 5.91 Å². The molecule has 4 nitrogen and oxygen atoms in total. The lowest BCUT2D eigenvalue weighted by molar-refractivity contribution is 0.0987. The molecule has 0 aliphatic rings. The van der Waals surface area contributed by atoms with Crippen LogP contribution < -0.4 is 5.73 Å². The van der Waals surface area contributed by atoms with Gasteiger partial charge >= 0.3 is 0 Å². The van der Waals surface area contributed by atoms with Crippen molar-refractivity contribution in [2.45, 2.75) is 6.92 Å². The molecule has 0 aliphatic heterocycles. The fourth-order valence-electron chi connectivity index (χ4n) is 0.845. The van der Waals surface area contributed by atoms with Crippen LogP contribution in [0, 0.1) is 6.92 Å². The zero-order valence-corrected chi connectivity index (χ0v) is 5.96. The molecule has 1 rings (SSSR count). The van der Waals surface area contributed by atoms with Crippen molar-refractivity contribution in [3.63, 3.8) is 0 Å². The lowest BCUT2D eigenvalue weighted by Crippen LogP contribution is -2.16. The zero-order chi connectivity index (χ0) is 7.72. The fraction of sp³-hybridized carbons (Fsp3) is 0.333. The number of hydrogen-bond donors (Lipinski definition) is 1. The summed E-state index contributed by atoms with van der Waals surface area (Å²) in [7, 11) is 1.74. The fourth-order valence-corrected chi connectivity index (χ4v) is 0.845. The van der Waals surface area contributed by atoms with Crippen LogP contribution >= 0.6 is 0 Å². The van der Waals surface area contributed by atoms with Gasteiger partial charge in [-0.3, -0.25) is 4.79 Å². The quantitative estimate of drug-likeness (QED) is 0.587. The number of rotatable bonds is 1. The van der Waals surface area contributed by atoms with Crippen LogP contribution in [-0.2, 0) is 7.05 Å². The summed E-state index contributed by atoms with van der Waals surface area (Å²) in [5.74, 6) is -0.187. The number of primary amides is 1. The zero-order valence-electron chi connectivity index (χ0n) is 5.96. The minimum atomic E-state index is -0.490. The smallest absolute Gasteiger partial charge is 0.284 e. The van der Waals surface area contributed by atoms with Crippen molar-refractivity contribution >= 4 is 5.91 Å². The molecule has 1 aromatic heterocycles. The van der Waals surface area contributed by atoms with Gasteiger partial charge in [-0.05, 0) is 6.92 Å². The van der Waals surface area contributed by atoms with E-state index in [9.17, 15) is 4.79 Å². The Hall–Kier alpha value is -1.32. The number of amides is 1. The molecule has 0 fully saturated rings. The summed E-state index contributed by atoms with van der Waals surface area (Å²) >= 11 is 0. The van der Waals surface area contributed by atoms with Crippen molar-refractivity contribution < 1.29 is 4.79 Å². The molecule has 0 spiro atoms. The molecule has 0 saturated heterocycles. The summed E-state index contributed by atoms with van der Waals surface area (Å²) in [6.45, 7) is 1.81. The van der Waals surface area contributed by atoms with Crippen LogP contribution in [0.5, 0.6) is 0 Å². The van der Waals surface area contributed by atoms with Gasteiger partial charge in [0, 0.05) is 13.2 Å². The molecule has 2 N–H and O–H groups in total. The summed E-state index contributed by atoms with van der Waals surface area (Å²) in [6, 6.07) is 0. The van der Waals surface area contributed by atoms with Gasteiger partial charge < -0.3 is 10.3 Å². The summed E-state index contributed by atoms with van der Waals surface area (Å²) in [5.41, 5.74) is 5.81. The van der Waals surface area contributed by atoms with Crippen LogP contribution in [-0.4, -0.2) is 15.5 Å². The third-order valence-corrected chi connectivity index (χ3v) is 1.22. The number of imidazole rings is 1. The Morgan fingerprint density at radius 3 is 2.60 bits per heavy atom. The maximum atomic E-state index is 10.6. The molecule has 0 saturated carbocycles. The molecule has 0 bridgehead atoms. The predicted octanol–water partition coefficient (Wildman–Crippen LogP) is -0.173. The Balaban J connectivity index is 3.15. The first-order valence-corrected chi connectivity index (χ1v) is 2.91. The lowest BCUT2D eigenvalue weighted by atomic mass is 10.6. The van der Waals surface area contributed by atoms with Gasteiger partial charge in [-0.25, -0.2) is 4.98 Å². The predicted molar refractivity (Wildman–Crippen MR) is 36.5 cm³/mol. The van der Waals surface area contributed by atoms with Gasteiger partial charge in [-0.1, -0.05) is 0 Å². The Morgan fingerprint density at radius 2 is 2.40 bits per heavy atom. The van der Waals surface area contributed by atoms with E-state index in [0.29, 0.717) is 5.82 Å². The van der Waals surface area contributed by atoms with Gasteiger partial charge in [0.1, 0.15) is 0 Å². The van der Waals surface area contributed by atoms with Crippen LogP contribution in [0.15, 0.2) is 6.20 Å². The molecule has 0 aromatic carbocycles. The first kappa shape index (κ1) is 6.80. The van der Waals surface area contributed by atoms with Crippen molar-refractivity contribution in [2.75, 3.05) is 0 Å². The highest BCUT2D eigenvalue weighted by Crippen LogP contribution is 1.97. The van der Waals surface area contributed by atoms with Crippen molar-refractivity contribution in [3.8, 4) is 0 Å². The molecule has 10 heavy (non-hydrogen) atoms. The minimum absolute atomic E-state index is 0.303. The lowest BCUT2D eigenvalue weighted by Gasteiger charge is -1.91. The van der Waals surface area contributed by atoms with Crippen LogP contribution in [0.1, 0.15) is 16.3 Å². The van der Waals surface area contributed by atoms with Crippen molar-refractivity contribution in [3.05, 3.63) is 17.7 Å². The molecule has 1 aromatic rings. The molecule has 0 aliphatic carbocycles. The number of nitrogens with two attached hydrogens (primary N) is 1. The minimum Gasteiger partial charge on any atom is -0.363 e. The van der Waals surface area contributed by atoms with E-state index in [1.165, 1.54) is 0 Å². The second kappa shape index (κ2) is 2.13. The SMILES string of the molecule is Cc1cn(C)c(C(N)=O)n1. The molecule has 0 unspecified atom stereocenters. The second-order valence-electron chi connectivity index (χ2n) is 2.18. The number of hydrogen-bond acceptors (Lipinski definition) is 2. The van der Waals surface area contributed by atoms with Crippen LogP contribution in [0.3, 0.4) is 0 Å². The highest BCUT2D eigenvalue weighted by molar-refractivity contribution is 5.89. The normalized spacial score (nSPS) is 9.80. The van der Waals surface area contributed by atoms with E-state index in [1.807, 2.05) is 6.92 Å². The van der Waals surface area contributed by atoms with Crippen molar-refractivity contribution in [1.29, 1.82) is 0 Å². The summed E-state index contributed by atoms with van der Waals surface area (Å²) in [6.07, 6.45) is 1.75. The number of carbonyl (C=O) groups is 1. The largest absolute Gasteiger partial charge is 0.363 e. The Labute approximate surface area is 58.7 Å². The van der Waals surface area contributed by atoms with E-state index in [0.717, 1.165) is 5.69 Å². The van der Waals surface area contributed by atoms with Gasteiger partial charge in [0.25, 0.3) is 5.91 Å². The third kappa shape index (κ3) is 1.00. The highest BCUT2D eigenvalue weighted by Gasteiger charge is 2.06. The molecule has 1 amide bonds. The van der Waals surface area contributed by atoms with Gasteiger partial charge in [0.05, 0.1) is 5.69 Å². The molecule has 1 heterocycles. The maximum Gasteiger partial charge on any atom is 0.284 e. The number of aromatic nitrogens is 2. The maximum absolute atomic E-state index is 10.6. The van der Waals surface area contributed by atoms with E-state index in [1.54, 1.807) is 17.8 Å². The number of nitrogens with zero attached hydrogens (tertiary/aromatic N) is 2. The topological polar surface area (TPSA) is 60.9 Å². The van der Waals surface area contributed by atoms with Crippen molar-refractivity contribution in [1.82, 2.24) is 9.55 Å². The monoisotopic (exact) mass is 139 g/mol. The van der Waals surface area contributed by atoms with E-state index in [2.05, 4.69) is 4.98 Å². The van der Waals surface area contributed by atoms with Crippen LogP contribution in [0.4, 0.5) is 0 Å². The van der Waals surface area contributed by atoms with Gasteiger partial charge in [0.15, 0.2) is 5.82 Å². The van der Waals surface area contributed by atoms with E-state index in [-0.39, 0.29) is 0 Å². The second-order valence-corrected chi connectivity index (χ2v) is 2.18. The van der Waals surface area contributed by atoms with Gasteiger partial charge in [0.2, 0.25) is 0 Å². The van der Waals surface area contributed by atoms with Gasteiger partial charge in [-0.2, -0.15) is 0 Å². The first-order chi connectivity index (χ1) is 4.61. The van der Waals surface area contributed by atoms with Crippen LogP contribution in [0.2, 0.25) is 0 Å². The van der Waals surface area contributed by atoms with Gasteiger partial charge in [-0.15, -0.1) is 0 Å². The Kier molecular flexibility index (Phi) is 1.45. The average Bonchev–Trinajstić information content (AvgIpc) is 2.10. The molecular formula is C6H9N3O. The molecule has 0 radical (unpaired) electrons. The summed E-state index contributed by atoms with van der Waals surface area (Å²) in [4.78, 5) is 14.5. The molecular weight excluding hydrogens is 130 g/mol. The summed E-state index contributed by atoms with van der Waals surface area (Å²) < 4.78 is 1.61. The molecule has 54 valence electrons. The highest BCUT2D eigenvalue weighted by atomic mass is 16.1. The van der Waals surface area contributed by atoms with Crippen molar-refractivity contribution in [2.24, 2.45) is 12.8 Å². The van der Waals surface area contributed by atoms with Crippen LogP contribution in [0.25, 0.3) is 0 Å². The molecule has 4 heteroatoms. The van der Waals surface area contributed by atoms with E-state index in [4.69, 9.17) is 5.73 Å². The Morgan fingerprint density at radius 1 is 1.80 bits per heavy atom. The summed E-state index contributed by atoms with van der Waals surface area (Å²) in [5, 5.41) is 0. The first-order valence-electron chi connectivity index (χ1n) is 2.91. The standard InChI is InChI=1S/C6H9N3O/c1-4-3-9(2)6(8-4)5(7)10/h3H,1-2H3,(H2,7,10). The Bertz CT molecular complexity index is 264. The average molecular weight is 139 g/mol.